The standard InChI is InChI=1S/C16H12O2/c1-3-12-5-4-6-15(11-12)13-7-9-14(10-8-13)16(17)18-2/h1,4-11H,2H3. The molecule has 0 fully saturated rings. The Balaban J connectivity index is 2.34. The third-order valence-electron chi connectivity index (χ3n) is 2.67. The quantitative estimate of drug-likeness (QED) is 0.591. The summed E-state index contributed by atoms with van der Waals surface area (Å²) in [6.45, 7) is 0. The summed E-state index contributed by atoms with van der Waals surface area (Å²) in [5, 5.41) is 0. The molecule has 0 aromatic heterocycles. The molecule has 0 heterocycles. The lowest BCUT2D eigenvalue weighted by molar-refractivity contribution is 0.0601. The van der Waals surface area contributed by atoms with E-state index >= 15 is 0 Å². The van der Waals surface area contributed by atoms with Crippen LogP contribution in [-0.2, 0) is 4.74 Å². The van der Waals surface area contributed by atoms with Crippen molar-refractivity contribution in [1.82, 2.24) is 0 Å². The minimum atomic E-state index is -0.334. The van der Waals surface area contributed by atoms with Gasteiger partial charge >= 0.3 is 5.97 Å². The largest absolute Gasteiger partial charge is 0.465 e. The number of hydrogen-bond acceptors (Lipinski definition) is 2. The molecule has 0 spiro atoms. The molecule has 0 saturated carbocycles. The van der Waals surface area contributed by atoms with Crippen LogP contribution in [0, 0.1) is 12.3 Å². The molecule has 0 saturated heterocycles. The Morgan fingerprint density at radius 2 is 1.83 bits per heavy atom. The molecule has 2 aromatic rings. The van der Waals surface area contributed by atoms with E-state index < -0.39 is 0 Å². The first-order valence-corrected chi connectivity index (χ1v) is 5.50. The van der Waals surface area contributed by atoms with Gasteiger partial charge in [0.25, 0.3) is 0 Å². The van der Waals surface area contributed by atoms with Gasteiger partial charge in [0.1, 0.15) is 0 Å². The maximum atomic E-state index is 11.3. The number of carbonyl (C=O) groups excluding carboxylic acids is 1. The molecule has 0 amide bonds. The number of benzene rings is 2. The Labute approximate surface area is 106 Å². The van der Waals surface area contributed by atoms with Gasteiger partial charge in [0.05, 0.1) is 12.7 Å². The second-order valence-electron chi connectivity index (χ2n) is 3.79. The summed E-state index contributed by atoms with van der Waals surface area (Å²) >= 11 is 0. The smallest absolute Gasteiger partial charge is 0.337 e. The molecule has 0 aliphatic rings. The number of hydrogen-bond donors (Lipinski definition) is 0. The minimum Gasteiger partial charge on any atom is -0.465 e. The molecule has 18 heavy (non-hydrogen) atoms. The molecule has 0 aliphatic carbocycles. The zero-order valence-electron chi connectivity index (χ0n) is 10.0. The molecule has 0 radical (unpaired) electrons. The highest BCUT2D eigenvalue weighted by Gasteiger charge is 2.05. The van der Waals surface area contributed by atoms with E-state index in [4.69, 9.17) is 6.42 Å². The van der Waals surface area contributed by atoms with Crippen molar-refractivity contribution in [2.24, 2.45) is 0 Å². The van der Waals surface area contributed by atoms with E-state index in [9.17, 15) is 4.79 Å². The van der Waals surface area contributed by atoms with Crippen molar-refractivity contribution < 1.29 is 9.53 Å². The highest BCUT2D eigenvalue weighted by Crippen LogP contribution is 2.21. The monoisotopic (exact) mass is 236 g/mol. The van der Waals surface area contributed by atoms with Gasteiger partial charge in [-0.1, -0.05) is 30.2 Å². The van der Waals surface area contributed by atoms with E-state index in [0.717, 1.165) is 16.7 Å². The predicted molar refractivity (Wildman–Crippen MR) is 71.2 cm³/mol. The van der Waals surface area contributed by atoms with E-state index in [1.165, 1.54) is 7.11 Å². The van der Waals surface area contributed by atoms with E-state index in [1.54, 1.807) is 12.1 Å². The Kier molecular flexibility index (Phi) is 3.45. The number of ether oxygens (including phenoxy) is 1. The van der Waals surface area contributed by atoms with Gasteiger partial charge in [-0.25, -0.2) is 4.79 Å². The van der Waals surface area contributed by atoms with Crippen molar-refractivity contribution >= 4 is 5.97 Å². The van der Waals surface area contributed by atoms with Crippen LogP contribution < -0.4 is 0 Å². The molecule has 2 nitrogen and oxygen atoms in total. The van der Waals surface area contributed by atoms with Crippen molar-refractivity contribution in [3.8, 4) is 23.5 Å². The highest BCUT2D eigenvalue weighted by atomic mass is 16.5. The summed E-state index contributed by atoms with van der Waals surface area (Å²) in [5.74, 6) is 2.27. The van der Waals surface area contributed by atoms with Gasteiger partial charge in [0.2, 0.25) is 0 Å². The van der Waals surface area contributed by atoms with Gasteiger partial charge in [-0.05, 0) is 35.4 Å². The number of rotatable bonds is 2. The lowest BCUT2D eigenvalue weighted by Gasteiger charge is -2.04. The fraction of sp³-hybridized carbons (Fsp3) is 0.0625. The van der Waals surface area contributed by atoms with Crippen LogP contribution in [0.4, 0.5) is 0 Å². The predicted octanol–water partition coefficient (Wildman–Crippen LogP) is 3.12. The van der Waals surface area contributed by atoms with Crippen LogP contribution in [0.3, 0.4) is 0 Å². The van der Waals surface area contributed by atoms with Gasteiger partial charge in [-0.15, -0.1) is 6.42 Å². The van der Waals surface area contributed by atoms with Gasteiger partial charge in [0, 0.05) is 5.56 Å². The number of methoxy groups -OCH3 is 1. The average molecular weight is 236 g/mol. The van der Waals surface area contributed by atoms with E-state index in [2.05, 4.69) is 10.7 Å². The third-order valence-corrected chi connectivity index (χ3v) is 2.67. The lowest BCUT2D eigenvalue weighted by Crippen LogP contribution is -2.00. The summed E-state index contributed by atoms with van der Waals surface area (Å²) in [6, 6.07) is 14.9. The zero-order valence-corrected chi connectivity index (χ0v) is 10.0. The van der Waals surface area contributed by atoms with Crippen LogP contribution in [0.25, 0.3) is 11.1 Å². The topological polar surface area (TPSA) is 26.3 Å². The first-order valence-electron chi connectivity index (χ1n) is 5.50. The van der Waals surface area contributed by atoms with E-state index in [1.807, 2.05) is 36.4 Å². The van der Waals surface area contributed by atoms with Crippen LogP contribution in [-0.4, -0.2) is 13.1 Å². The molecular formula is C16H12O2. The molecule has 0 aliphatic heterocycles. The Hall–Kier alpha value is -2.53. The second-order valence-corrected chi connectivity index (χ2v) is 3.79. The van der Waals surface area contributed by atoms with Gasteiger partial charge < -0.3 is 4.74 Å². The van der Waals surface area contributed by atoms with Gasteiger partial charge in [-0.3, -0.25) is 0 Å². The Bertz CT molecular complexity index is 604. The normalized spacial score (nSPS) is 9.56. The van der Waals surface area contributed by atoms with Gasteiger partial charge in [0.15, 0.2) is 0 Å². The fourth-order valence-corrected chi connectivity index (χ4v) is 1.71. The number of terminal acetylenes is 1. The maximum Gasteiger partial charge on any atom is 0.337 e. The first kappa shape index (κ1) is 11.9. The summed E-state index contributed by atoms with van der Waals surface area (Å²) in [5.41, 5.74) is 3.42. The molecule has 0 unspecified atom stereocenters. The van der Waals surface area contributed by atoms with Gasteiger partial charge in [-0.2, -0.15) is 0 Å². The van der Waals surface area contributed by atoms with Crippen LogP contribution >= 0.6 is 0 Å². The van der Waals surface area contributed by atoms with Crippen molar-refractivity contribution in [1.29, 1.82) is 0 Å². The summed E-state index contributed by atoms with van der Waals surface area (Å²) in [4.78, 5) is 11.3. The SMILES string of the molecule is C#Cc1cccc(-c2ccc(C(=O)OC)cc2)c1. The summed E-state index contributed by atoms with van der Waals surface area (Å²) in [6.07, 6.45) is 5.37. The third kappa shape index (κ3) is 2.41. The Morgan fingerprint density at radius 3 is 2.44 bits per heavy atom. The molecule has 0 N–H and O–H groups in total. The average Bonchev–Trinajstić information content (AvgIpc) is 2.46. The minimum absolute atomic E-state index is 0.334. The van der Waals surface area contributed by atoms with Crippen LogP contribution in [0.15, 0.2) is 48.5 Å². The van der Waals surface area contributed by atoms with E-state index in [0.29, 0.717) is 5.56 Å². The fourth-order valence-electron chi connectivity index (χ4n) is 1.71. The highest BCUT2D eigenvalue weighted by molar-refractivity contribution is 5.90. The van der Waals surface area contributed by atoms with Crippen molar-refractivity contribution in [3.63, 3.8) is 0 Å². The summed E-state index contributed by atoms with van der Waals surface area (Å²) in [7, 11) is 1.37. The van der Waals surface area contributed by atoms with E-state index in [-0.39, 0.29) is 5.97 Å². The Morgan fingerprint density at radius 1 is 1.11 bits per heavy atom. The molecule has 0 atom stereocenters. The molecule has 88 valence electrons. The molecule has 2 aromatic carbocycles. The summed E-state index contributed by atoms with van der Waals surface area (Å²) < 4.78 is 4.65. The van der Waals surface area contributed by atoms with Crippen molar-refractivity contribution in [3.05, 3.63) is 59.7 Å². The molecule has 2 heteroatoms. The zero-order chi connectivity index (χ0) is 13.0. The lowest BCUT2D eigenvalue weighted by atomic mass is 10.0. The van der Waals surface area contributed by atoms with Crippen LogP contribution in [0.2, 0.25) is 0 Å². The first-order chi connectivity index (χ1) is 8.74. The van der Waals surface area contributed by atoms with Crippen LogP contribution in [0.1, 0.15) is 15.9 Å². The maximum absolute atomic E-state index is 11.3. The van der Waals surface area contributed by atoms with Crippen molar-refractivity contribution in [2.75, 3.05) is 7.11 Å². The van der Waals surface area contributed by atoms with Crippen molar-refractivity contribution in [2.45, 2.75) is 0 Å². The molecule has 2 rings (SSSR count). The second kappa shape index (κ2) is 5.20. The number of carbonyl (C=O) groups is 1. The molecular weight excluding hydrogens is 224 g/mol. The molecule has 0 bridgehead atoms. The van der Waals surface area contributed by atoms with Crippen LogP contribution in [0.5, 0.6) is 0 Å². The number of esters is 1.